The molecule has 0 aromatic carbocycles. The maximum atomic E-state index is 12.1. The van der Waals surface area contributed by atoms with E-state index >= 15 is 0 Å². The molecule has 0 saturated heterocycles. The lowest BCUT2D eigenvalue weighted by Gasteiger charge is -2.25. The van der Waals surface area contributed by atoms with Gasteiger partial charge in [0.15, 0.2) is 0 Å². The second kappa shape index (κ2) is 9.21. The number of ether oxygens (including phenoxy) is 1. The minimum absolute atomic E-state index is 0.344. The highest BCUT2D eigenvalue weighted by Gasteiger charge is 2.19. The van der Waals surface area contributed by atoms with E-state index in [-0.39, 0.29) is 5.97 Å². The standard InChI is InChI=1S/C16H27N3O2/c1-4-7-9-19(10-8-5-2)15-14(16(20)21-6-3)11-13(17)12-18-15/h11-12H,4-10,17H2,1-3H3. The second-order valence-electron chi connectivity index (χ2n) is 5.05. The monoisotopic (exact) mass is 293 g/mol. The lowest BCUT2D eigenvalue weighted by molar-refractivity contribution is 0.0526. The molecule has 0 radical (unpaired) electrons. The van der Waals surface area contributed by atoms with Crippen LogP contribution in [0, 0.1) is 0 Å². The van der Waals surface area contributed by atoms with Gasteiger partial charge in [-0.15, -0.1) is 0 Å². The van der Waals surface area contributed by atoms with E-state index in [1.807, 2.05) is 0 Å². The Morgan fingerprint density at radius 1 is 1.24 bits per heavy atom. The van der Waals surface area contributed by atoms with Crippen LogP contribution in [0.1, 0.15) is 56.8 Å². The van der Waals surface area contributed by atoms with E-state index in [1.54, 1.807) is 19.2 Å². The van der Waals surface area contributed by atoms with E-state index in [0.29, 0.717) is 23.7 Å². The molecule has 5 heteroatoms. The first kappa shape index (κ1) is 17.3. The Morgan fingerprint density at radius 3 is 2.38 bits per heavy atom. The van der Waals surface area contributed by atoms with Crippen molar-refractivity contribution in [1.29, 1.82) is 0 Å². The Kier molecular flexibility index (Phi) is 7.58. The maximum absolute atomic E-state index is 12.1. The van der Waals surface area contributed by atoms with Crippen molar-refractivity contribution in [3.05, 3.63) is 17.8 Å². The van der Waals surface area contributed by atoms with Gasteiger partial charge in [-0.25, -0.2) is 9.78 Å². The molecule has 0 saturated carbocycles. The van der Waals surface area contributed by atoms with Crippen molar-refractivity contribution in [2.24, 2.45) is 0 Å². The lowest BCUT2D eigenvalue weighted by atomic mass is 10.2. The van der Waals surface area contributed by atoms with Gasteiger partial charge in [-0.2, -0.15) is 0 Å². The van der Waals surface area contributed by atoms with Gasteiger partial charge in [-0.1, -0.05) is 26.7 Å². The lowest BCUT2D eigenvalue weighted by Crippen LogP contribution is -2.29. The van der Waals surface area contributed by atoms with Crippen molar-refractivity contribution in [2.75, 3.05) is 30.3 Å². The number of hydrogen-bond donors (Lipinski definition) is 1. The summed E-state index contributed by atoms with van der Waals surface area (Å²) in [5.41, 5.74) is 6.71. The molecule has 1 aromatic heterocycles. The van der Waals surface area contributed by atoms with Gasteiger partial charge in [0.2, 0.25) is 0 Å². The highest BCUT2D eigenvalue weighted by molar-refractivity contribution is 5.95. The van der Waals surface area contributed by atoms with Gasteiger partial charge in [0.1, 0.15) is 11.4 Å². The summed E-state index contributed by atoms with van der Waals surface area (Å²) < 4.78 is 5.12. The normalized spacial score (nSPS) is 10.4. The predicted molar refractivity (Wildman–Crippen MR) is 86.6 cm³/mol. The average Bonchev–Trinajstić information content (AvgIpc) is 2.48. The number of nitrogens with two attached hydrogens (primary N) is 1. The van der Waals surface area contributed by atoms with E-state index in [4.69, 9.17) is 10.5 Å². The third kappa shape index (κ3) is 5.25. The zero-order valence-corrected chi connectivity index (χ0v) is 13.4. The zero-order chi connectivity index (χ0) is 15.7. The van der Waals surface area contributed by atoms with Crippen LogP contribution in [0.2, 0.25) is 0 Å². The fourth-order valence-corrected chi connectivity index (χ4v) is 2.11. The topological polar surface area (TPSA) is 68.5 Å². The fourth-order valence-electron chi connectivity index (χ4n) is 2.11. The third-order valence-corrected chi connectivity index (χ3v) is 3.25. The predicted octanol–water partition coefficient (Wildman–Crippen LogP) is 3.25. The number of carbonyl (C=O) groups excluding carboxylic acids is 1. The van der Waals surface area contributed by atoms with Crippen molar-refractivity contribution in [3.8, 4) is 0 Å². The van der Waals surface area contributed by atoms with Gasteiger partial charge >= 0.3 is 5.97 Å². The van der Waals surface area contributed by atoms with Crippen LogP contribution in [0.5, 0.6) is 0 Å². The van der Waals surface area contributed by atoms with E-state index in [9.17, 15) is 4.79 Å². The number of anilines is 2. The Bertz CT molecular complexity index is 441. The van der Waals surface area contributed by atoms with Crippen molar-refractivity contribution in [3.63, 3.8) is 0 Å². The number of unbranched alkanes of at least 4 members (excludes halogenated alkanes) is 2. The smallest absolute Gasteiger partial charge is 0.341 e. The molecule has 2 N–H and O–H groups in total. The summed E-state index contributed by atoms with van der Waals surface area (Å²) >= 11 is 0. The summed E-state index contributed by atoms with van der Waals surface area (Å²) in [7, 11) is 0. The molecule has 1 aromatic rings. The largest absolute Gasteiger partial charge is 0.462 e. The Labute approximate surface area is 127 Å². The molecule has 0 bridgehead atoms. The SMILES string of the molecule is CCCCN(CCCC)c1ncc(N)cc1C(=O)OCC. The summed E-state index contributed by atoms with van der Waals surface area (Å²) in [6.45, 7) is 8.22. The molecule has 5 nitrogen and oxygen atoms in total. The molecule has 0 aliphatic rings. The first-order valence-electron chi connectivity index (χ1n) is 7.81. The van der Waals surface area contributed by atoms with Crippen molar-refractivity contribution in [1.82, 2.24) is 4.98 Å². The van der Waals surface area contributed by atoms with E-state index in [1.165, 1.54) is 0 Å². The van der Waals surface area contributed by atoms with Crippen molar-refractivity contribution in [2.45, 2.75) is 46.5 Å². The van der Waals surface area contributed by atoms with E-state index < -0.39 is 0 Å². The van der Waals surface area contributed by atoms with Crippen LogP contribution < -0.4 is 10.6 Å². The number of nitrogen functional groups attached to an aromatic ring is 1. The first-order valence-corrected chi connectivity index (χ1v) is 7.81. The fraction of sp³-hybridized carbons (Fsp3) is 0.625. The average molecular weight is 293 g/mol. The van der Waals surface area contributed by atoms with Crippen LogP contribution in [0.15, 0.2) is 12.3 Å². The highest BCUT2D eigenvalue weighted by atomic mass is 16.5. The number of hydrogen-bond acceptors (Lipinski definition) is 5. The number of rotatable bonds is 9. The molecule has 0 amide bonds. The summed E-state index contributed by atoms with van der Waals surface area (Å²) in [5, 5.41) is 0. The number of carbonyl (C=O) groups is 1. The summed E-state index contributed by atoms with van der Waals surface area (Å²) in [4.78, 5) is 18.7. The summed E-state index contributed by atoms with van der Waals surface area (Å²) in [6, 6.07) is 1.66. The van der Waals surface area contributed by atoms with Crippen LogP contribution in [-0.2, 0) is 4.74 Å². The Morgan fingerprint density at radius 2 is 1.86 bits per heavy atom. The first-order chi connectivity index (χ1) is 10.1. The second-order valence-corrected chi connectivity index (χ2v) is 5.05. The highest BCUT2D eigenvalue weighted by Crippen LogP contribution is 2.22. The molecule has 0 spiro atoms. The molecular weight excluding hydrogens is 266 g/mol. The quantitative estimate of drug-likeness (QED) is 0.708. The van der Waals surface area contributed by atoms with Gasteiger partial charge < -0.3 is 15.4 Å². The summed E-state index contributed by atoms with van der Waals surface area (Å²) in [6.07, 6.45) is 5.94. The van der Waals surface area contributed by atoms with Crippen LogP contribution in [0.3, 0.4) is 0 Å². The van der Waals surface area contributed by atoms with Crippen LogP contribution >= 0.6 is 0 Å². The van der Waals surface area contributed by atoms with Gasteiger partial charge in [0.05, 0.1) is 18.5 Å². The molecule has 0 aliphatic heterocycles. The van der Waals surface area contributed by atoms with E-state index in [0.717, 1.165) is 38.8 Å². The van der Waals surface area contributed by atoms with Crippen molar-refractivity contribution >= 4 is 17.5 Å². The Balaban J connectivity index is 3.06. The number of esters is 1. The molecule has 1 heterocycles. The minimum atomic E-state index is -0.356. The van der Waals surface area contributed by atoms with Crippen molar-refractivity contribution < 1.29 is 9.53 Å². The number of aromatic nitrogens is 1. The molecule has 1 rings (SSSR count). The molecule has 0 atom stereocenters. The van der Waals surface area contributed by atoms with Gasteiger partial charge in [-0.3, -0.25) is 0 Å². The molecule has 0 unspecified atom stereocenters. The molecule has 21 heavy (non-hydrogen) atoms. The van der Waals surface area contributed by atoms with Crippen LogP contribution in [0.25, 0.3) is 0 Å². The number of nitrogens with zero attached hydrogens (tertiary/aromatic N) is 2. The summed E-state index contributed by atoms with van der Waals surface area (Å²) in [5.74, 6) is 0.329. The van der Waals surface area contributed by atoms with Gasteiger partial charge in [-0.05, 0) is 25.8 Å². The zero-order valence-electron chi connectivity index (χ0n) is 13.4. The third-order valence-electron chi connectivity index (χ3n) is 3.25. The van der Waals surface area contributed by atoms with Crippen LogP contribution in [-0.4, -0.2) is 30.6 Å². The van der Waals surface area contributed by atoms with Crippen LogP contribution in [0.4, 0.5) is 11.5 Å². The number of pyridine rings is 1. The molecule has 0 aliphatic carbocycles. The molecule has 0 fully saturated rings. The maximum Gasteiger partial charge on any atom is 0.341 e. The molecular formula is C16H27N3O2. The Hall–Kier alpha value is -1.78. The van der Waals surface area contributed by atoms with E-state index in [2.05, 4.69) is 23.7 Å². The minimum Gasteiger partial charge on any atom is -0.462 e. The van der Waals surface area contributed by atoms with Gasteiger partial charge in [0, 0.05) is 13.1 Å². The molecule has 118 valence electrons. The van der Waals surface area contributed by atoms with Gasteiger partial charge in [0.25, 0.3) is 0 Å².